The van der Waals surface area contributed by atoms with Gasteiger partial charge in [-0.25, -0.2) is 5.01 Å². The van der Waals surface area contributed by atoms with Gasteiger partial charge in [-0.2, -0.15) is 5.01 Å². The Bertz CT molecular complexity index is 788. The zero-order valence-electron chi connectivity index (χ0n) is 15.2. The molecule has 0 aliphatic carbocycles. The summed E-state index contributed by atoms with van der Waals surface area (Å²) in [6.45, 7) is 7.51. The van der Waals surface area contributed by atoms with Gasteiger partial charge in [0.2, 0.25) is 17.7 Å². The van der Waals surface area contributed by atoms with E-state index in [-0.39, 0.29) is 29.3 Å². The quantitative estimate of drug-likeness (QED) is 0.788. The Morgan fingerprint density at radius 1 is 1.27 bits per heavy atom. The highest BCUT2D eigenvalue weighted by atomic mass is 32.1. The van der Waals surface area contributed by atoms with E-state index < -0.39 is 11.6 Å². The van der Waals surface area contributed by atoms with Crippen LogP contribution < -0.4 is 10.6 Å². The lowest BCUT2D eigenvalue weighted by molar-refractivity contribution is -0.154. The number of thiocarbonyl (C=S) groups is 1. The largest absolute Gasteiger partial charge is 0.325 e. The first kappa shape index (κ1) is 18.5. The molecule has 1 aromatic rings. The topological polar surface area (TPSA) is 81.8 Å². The number of nitrogens with one attached hydrogen (secondary N) is 2. The normalized spacial score (nSPS) is 22.4. The van der Waals surface area contributed by atoms with Crippen molar-refractivity contribution in [1.29, 1.82) is 0 Å². The van der Waals surface area contributed by atoms with E-state index in [4.69, 9.17) is 12.2 Å². The smallest absolute Gasteiger partial charge is 0.248 e. The van der Waals surface area contributed by atoms with Crippen LogP contribution in [0.3, 0.4) is 0 Å². The van der Waals surface area contributed by atoms with Gasteiger partial charge in [-0.3, -0.25) is 19.7 Å². The Morgan fingerprint density at radius 2 is 1.88 bits per heavy atom. The Kier molecular flexibility index (Phi) is 4.58. The summed E-state index contributed by atoms with van der Waals surface area (Å²) in [7, 11) is 0. The molecule has 0 saturated carbocycles. The molecule has 0 aromatic heterocycles. The number of hydrogen-bond acceptors (Lipinski definition) is 5. The molecular formula is C18H22N4O3S. The van der Waals surface area contributed by atoms with Crippen LogP contribution in [0, 0.1) is 0 Å². The van der Waals surface area contributed by atoms with Crippen LogP contribution in [-0.4, -0.2) is 44.4 Å². The predicted molar refractivity (Wildman–Crippen MR) is 101 cm³/mol. The van der Waals surface area contributed by atoms with Crippen LogP contribution in [0.5, 0.6) is 0 Å². The second kappa shape index (κ2) is 6.44. The molecule has 0 unspecified atom stereocenters. The number of rotatable bonds is 3. The lowest BCUT2D eigenvalue weighted by Gasteiger charge is -2.45. The number of anilines is 1. The van der Waals surface area contributed by atoms with Crippen molar-refractivity contribution in [3.8, 4) is 0 Å². The molecule has 3 amide bonds. The predicted octanol–water partition coefficient (Wildman–Crippen LogP) is 1.76. The Morgan fingerprint density at radius 3 is 2.46 bits per heavy atom. The van der Waals surface area contributed by atoms with E-state index in [0.29, 0.717) is 11.6 Å². The Balaban J connectivity index is 1.83. The maximum absolute atomic E-state index is 12.8. The molecule has 8 heteroatoms. The average molecular weight is 374 g/mol. The average Bonchev–Trinajstić information content (AvgIpc) is 2.92. The molecule has 0 spiro atoms. The Hall–Kier alpha value is -2.32. The summed E-state index contributed by atoms with van der Waals surface area (Å²) in [5, 5.41) is 8.07. The van der Waals surface area contributed by atoms with Gasteiger partial charge in [0.25, 0.3) is 0 Å². The van der Waals surface area contributed by atoms with Crippen molar-refractivity contribution in [3.63, 3.8) is 0 Å². The molecule has 2 aliphatic rings. The van der Waals surface area contributed by atoms with Crippen LogP contribution in [0.4, 0.5) is 5.69 Å². The second-order valence-corrected chi connectivity index (χ2v) is 7.74. The molecule has 2 aliphatic heterocycles. The summed E-state index contributed by atoms with van der Waals surface area (Å²) in [5.74, 6) is -0.593. The highest BCUT2D eigenvalue weighted by Crippen LogP contribution is 2.33. The number of carbonyl (C=O) groups excluding carboxylic acids is 3. The van der Waals surface area contributed by atoms with Gasteiger partial charge in [0.15, 0.2) is 5.11 Å². The molecule has 1 atom stereocenters. The van der Waals surface area contributed by atoms with Gasteiger partial charge in [0, 0.05) is 5.69 Å². The first-order valence-electron chi connectivity index (χ1n) is 8.51. The summed E-state index contributed by atoms with van der Waals surface area (Å²) in [6.07, 6.45) is -0.0333. The van der Waals surface area contributed by atoms with E-state index in [0.717, 1.165) is 0 Å². The maximum Gasteiger partial charge on any atom is 0.248 e. The van der Waals surface area contributed by atoms with E-state index in [2.05, 4.69) is 24.5 Å². The van der Waals surface area contributed by atoms with Gasteiger partial charge in [0.05, 0.1) is 6.42 Å². The zero-order chi connectivity index (χ0) is 19.2. The number of fused-ring (bicyclic) bond motifs is 1. The first-order valence-corrected chi connectivity index (χ1v) is 8.92. The fraction of sp³-hybridized carbons (Fsp3) is 0.444. The Labute approximate surface area is 157 Å². The monoisotopic (exact) mass is 374 g/mol. The minimum atomic E-state index is -1.07. The van der Waals surface area contributed by atoms with E-state index in [1.165, 1.54) is 15.6 Å². The molecule has 1 aromatic carbocycles. The minimum absolute atomic E-state index is 0.0101. The van der Waals surface area contributed by atoms with Gasteiger partial charge in [-0.05, 0) is 49.7 Å². The lowest BCUT2D eigenvalue weighted by Crippen LogP contribution is -2.71. The van der Waals surface area contributed by atoms with Crippen molar-refractivity contribution in [3.05, 3.63) is 29.8 Å². The van der Waals surface area contributed by atoms with Crippen molar-refractivity contribution in [2.24, 2.45) is 0 Å². The molecule has 2 heterocycles. The van der Waals surface area contributed by atoms with E-state index in [1.807, 2.05) is 24.3 Å². The van der Waals surface area contributed by atoms with Gasteiger partial charge < -0.3 is 5.32 Å². The summed E-state index contributed by atoms with van der Waals surface area (Å²) >= 11 is 5.11. The lowest BCUT2D eigenvalue weighted by atomic mass is 10.00. The number of hydrazine groups is 1. The molecule has 3 rings (SSSR count). The molecule has 2 saturated heterocycles. The molecule has 26 heavy (non-hydrogen) atoms. The minimum Gasteiger partial charge on any atom is -0.325 e. The van der Waals surface area contributed by atoms with Crippen molar-refractivity contribution in [2.75, 3.05) is 5.32 Å². The number of benzene rings is 1. The molecule has 2 N–H and O–H groups in total. The molecule has 0 bridgehead atoms. The van der Waals surface area contributed by atoms with Crippen LogP contribution in [0.25, 0.3) is 0 Å². The summed E-state index contributed by atoms with van der Waals surface area (Å²) in [4.78, 5) is 37.5. The molecule has 2 fully saturated rings. The molecule has 138 valence electrons. The summed E-state index contributed by atoms with van der Waals surface area (Å²) < 4.78 is 0. The summed E-state index contributed by atoms with van der Waals surface area (Å²) in [5.41, 5.74) is 0.745. The third-order valence-electron chi connectivity index (χ3n) is 4.80. The first-order chi connectivity index (χ1) is 12.1. The molecule has 7 nitrogen and oxygen atoms in total. The zero-order valence-corrected chi connectivity index (χ0v) is 16.0. The van der Waals surface area contributed by atoms with E-state index >= 15 is 0 Å². The third kappa shape index (κ3) is 2.99. The van der Waals surface area contributed by atoms with Crippen molar-refractivity contribution in [2.45, 2.75) is 51.6 Å². The van der Waals surface area contributed by atoms with Crippen molar-refractivity contribution in [1.82, 2.24) is 15.3 Å². The van der Waals surface area contributed by atoms with Crippen LogP contribution in [0.1, 0.15) is 45.6 Å². The highest BCUT2D eigenvalue weighted by Gasteiger charge is 2.56. The standard InChI is InChI=1S/C18H22N4O3S/c1-10(2)11-5-7-12(8-6-11)19-15(24)13-9-14(23)21-17(26)20-16(25)18(3,4)22(13)21/h5-8,10,13H,9H2,1-4H3,(H,19,24)(H,20,25,26)/t13-/m1/s1. The van der Waals surface area contributed by atoms with Crippen LogP contribution in [0.2, 0.25) is 0 Å². The van der Waals surface area contributed by atoms with Gasteiger partial charge in [-0.15, -0.1) is 0 Å². The van der Waals surface area contributed by atoms with Crippen LogP contribution >= 0.6 is 12.2 Å². The van der Waals surface area contributed by atoms with Crippen molar-refractivity contribution >= 4 is 40.7 Å². The molecule has 0 radical (unpaired) electrons. The third-order valence-corrected chi connectivity index (χ3v) is 5.08. The van der Waals surface area contributed by atoms with Crippen molar-refractivity contribution < 1.29 is 14.4 Å². The fourth-order valence-corrected chi connectivity index (χ4v) is 3.52. The van der Waals surface area contributed by atoms with E-state index in [9.17, 15) is 14.4 Å². The number of amides is 3. The second-order valence-electron chi connectivity index (χ2n) is 7.35. The number of nitrogens with zero attached hydrogens (tertiary/aromatic N) is 2. The van der Waals surface area contributed by atoms with Gasteiger partial charge >= 0.3 is 0 Å². The fourth-order valence-electron chi connectivity index (χ4n) is 3.24. The van der Waals surface area contributed by atoms with Gasteiger partial charge in [-0.1, -0.05) is 26.0 Å². The highest BCUT2D eigenvalue weighted by molar-refractivity contribution is 7.80. The van der Waals surface area contributed by atoms with Crippen LogP contribution in [-0.2, 0) is 14.4 Å². The van der Waals surface area contributed by atoms with E-state index in [1.54, 1.807) is 13.8 Å². The number of carbonyl (C=O) groups is 3. The van der Waals surface area contributed by atoms with Gasteiger partial charge in [0.1, 0.15) is 11.6 Å². The summed E-state index contributed by atoms with van der Waals surface area (Å²) in [6, 6.07) is 6.78. The SMILES string of the molecule is CC(C)c1ccc(NC(=O)[C@H]2CC(=O)N3C(=S)NC(=O)C(C)(C)N23)cc1. The molecular weight excluding hydrogens is 352 g/mol. The maximum atomic E-state index is 12.8. The van der Waals surface area contributed by atoms with Crippen LogP contribution in [0.15, 0.2) is 24.3 Å². The number of hydrogen-bond donors (Lipinski definition) is 2.